The van der Waals surface area contributed by atoms with Crippen molar-refractivity contribution in [1.82, 2.24) is 10.1 Å². The fourth-order valence-electron chi connectivity index (χ4n) is 2.87. The summed E-state index contributed by atoms with van der Waals surface area (Å²) in [6.07, 6.45) is 0. The van der Waals surface area contributed by atoms with Crippen molar-refractivity contribution in [3.63, 3.8) is 0 Å². The van der Waals surface area contributed by atoms with Crippen LogP contribution >= 0.6 is 0 Å². The number of anilines is 1. The van der Waals surface area contributed by atoms with E-state index < -0.39 is 0 Å². The minimum absolute atomic E-state index is 0.130. The molecule has 0 atom stereocenters. The Morgan fingerprint density at radius 1 is 1.00 bits per heavy atom. The molecular weight excluding hydrogens is 366 g/mol. The maximum Gasteiger partial charge on any atom is 0.262 e. The van der Waals surface area contributed by atoms with E-state index in [1.165, 1.54) is 0 Å². The number of amides is 1. The number of aromatic nitrogens is 2. The van der Waals surface area contributed by atoms with Crippen molar-refractivity contribution in [3.8, 4) is 28.6 Å². The van der Waals surface area contributed by atoms with Gasteiger partial charge >= 0.3 is 0 Å². The molecule has 4 rings (SSSR count). The highest BCUT2D eigenvalue weighted by molar-refractivity contribution is 5.91. The van der Waals surface area contributed by atoms with Gasteiger partial charge in [0.1, 0.15) is 5.75 Å². The second kappa shape index (κ2) is 8.39. The fourth-order valence-corrected chi connectivity index (χ4v) is 2.87. The average molecular weight is 385 g/mol. The molecule has 1 heterocycles. The molecule has 29 heavy (non-hydrogen) atoms. The van der Waals surface area contributed by atoms with Gasteiger partial charge in [-0.15, -0.1) is 0 Å². The third-order valence-electron chi connectivity index (χ3n) is 4.24. The Kier molecular flexibility index (Phi) is 5.33. The Labute approximate surface area is 168 Å². The van der Waals surface area contributed by atoms with Crippen LogP contribution in [0.2, 0.25) is 0 Å². The summed E-state index contributed by atoms with van der Waals surface area (Å²) in [4.78, 5) is 16.7. The minimum atomic E-state index is -0.250. The van der Waals surface area contributed by atoms with Crippen LogP contribution in [0.5, 0.6) is 5.75 Å². The zero-order valence-corrected chi connectivity index (χ0v) is 15.8. The molecule has 0 bridgehead atoms. The summed E-state index contributed by atoms with van der Waals surface area (Å²) in [7, 11) is 0. The summed E-state index contributed by atoms with van der Waals surface area (Å²) in [6.45, 7) is 1.87. The molecule has 0 radical (unpaired) electrons. The van der Waals surface area contributed by atoms with E-state index in [1.54, 1.807) is 6.07 Å². The fraction of sp³-hybridized carbons (Fsp3) is 0.0870. The van der Waals surface area contributed by atoms with Crippen molar-refractivity contribution in [3.05, 3.63) is 84.4 Å². The van der Waals surface area contributed by atoms with Crippen molar-refractivity contribution in [2.24, 2.45) is 0 Å². The summed E-state index contributed by atoms with van der Waals surface area (Å²) in [5, 5.41) is 6.87. The molecule has 1 N–H and O–H groups in total. The Morgan fingerprint density at radius 3 is 2.62 bits per heavy atom. The van der Waals surface area contributed by atoms with E-state index in [0.717, 1.165) is 16.8 Å². The zero-order chi connectivity index (χ0) is 20.1. The van der Waals surface area contributed by atoms with Gasteiger partial charge in [-0.25, -0.2) is 0 Å². The summed E-state index contributed by atoms with van der Waals surface area (Å²) in [6, 6.07) is 24.4. The SMILES string of the molecule is Cc1cccc(-c2nc(-c3ccccc3OCC(=O)Nc3ccccc3)no2)c1. The van der Waals surface area contributed by atoms with Gasteiger partial charge in [0.05, 0.1) is 5.56 Å². The highest BCUT2D eigenvalue weighted by Crippen LogP contribution is 2.29. The molecule has 0 aliphatic rings. The van der Waals surface area contributed by atoms with Gasteiger partial charge in [-0.05, 0) is 43.3 Å². The van der Waals surface area contributed by atoms with E-state index in [4.69, 9.17) is 9.26 Å². The van der Waals surface area contributed by atoms with Crippen molar-refractivity contribution >= 4 is 11.6 Å². The predicted octanol–water partition coefficient (Wildman–Crippen LogP) is 4.73. The number of para-hydroxylation sites is 2. The van der Waals surface area contributed by atoms with Gasteiger partial charge in [-0.2, -0.15) is 4.98 Å². The van der Waals surface area contributed by atoms with Crippen molar-refractivity contribution in [1.29, 1.82) is 0 Å². The van der Waals surface area contributed by atoms with E-state index in [0.29, 0.717) is 23.0 Å². The molecule has 0 fully saturated rings. The topological polar surface area (TPSA) is 77.2 Å². The van der Waals surface area contributed by atoms with Crippen molar-refractivity contribution < 1.29 is 14.1 Å². The Morgan fingerprint density at radius 2 is 1.79 bits per heavy atom. The molecule has 0 unspecified atom stereocenters. The van der Waals surface area contributed by atoms with Crippen molar-refractivity contribution in [2.75, 3.05) is 11.9 Å². The van der Waals surface area contributed by atoms with E-state index >= 15 is 0 Å². The van der Waals surface area contributed by atoms with Gasteiger partial charge in [0.2, 0.25) is 5.82 Å². The van der Waals surface area contributed by atoms with Gasteiger partial charge in [0, 0.05) is 11.3 Å². The Bertz CT molecular complexity index is 1120. The van der Waals surface area contributed by atoms with E-state index in [1.807, 2.05) is 79.7 Å². The third-order valence-corrected chi connectivity index (χ3v) is 4.24. The van der Waals surface area contributed by atoms with Gasteiger partial charge in [0.25, 0.3) is 11.8 Å². The first-order valence-electron chi connectivity index (χ1n) is 9.17. The molecule has 0 aliphatic carbocycles. The average Bonchev–Trinajstić information content (AvgIpc) is 3.23. The summed E-state index contributed by atoms with van der Waals surface area (Å²) in [5.41, 5.74) is 3.33. The first-order valence-corrected chi connectivity index (χ1v) is 9.17. The number of nitrogens with zero attached hydrogens (tertiary/aromatic N) is 2. The molecular formula is C23H19N3O3. The number of rotatable bonds is 6. The second-order valence-electron chi connectivity index (χ2n) is 6.49. The predicted molar refractivity (Wildman–Crippen MR) is 110 cm³/mol. The summed E-state index contributed by atoms with van der Waals surface area (Å²) >= 11 is 0. The Hall–Kier alpha value is -3.93. The lowest BCUT2D eigenvalue weighted by atomic mass is 10.1. The molecule has 6 heteroatoms. The summed E-state index contributed by atoms with van der Waals surface area (Å²) in [5.74, 6) is 1.09. The van der Waals surface area contributed by atoms with E-state index in [2.05, 4.69) is 15.5 Å². The number of nitrogens with one attached hydrogen (secondary N) is 1. The quantitative estimate of drug-likeness (QED) is 0.519. The molecule has 4 aromatic rings. The van der Waals surface area contributed by atoms with Gasteiger partial charge in [-0.1, -0.05) is 53.2 Å². The van der Waals surface area contributed by atoms with Gasteiger partial charge < -0.3 is 14.6 Å². The first-order chi connectivity index (χ1) is 14.2. The van der Waals surface area contributed by atoms with Gasteiger partial charge in [-0.3, -0.25) is 4.79 Å². The molecule has 0 saturated carbocycles. The lowest BCUT2D eigenvalue weighted by molar-refractivity contribution is -0.118. The first kappa shape index (κ1) is 18.4. The van der Waals surface area contributed by atoms with Crippen LogP contribution in [0.15, 0.2) is 83.4 Å². The number of benzene rings is 3. The van der Waals surface area contributed by atoms with Crippen LogP contribution < -0.4 is 10.1 Å². The molecule has 0 spiro atoms. The maximum atomic E-state index is 12.2. The largest absolute Gasteiger partial charge is 0.483 e. The van der Waals surface area contributed by atoms with E-state index in [-0.39, 0.29) is 12.5 Å². The lowest BCUT2D eigenvalue weighted by Gasteiger charge is -2.09. The van der Waals surface area contributed by atoms with Crippen LogP contribution in [0, 0.1) is 6.92 Å². The highest BCUT2D eigenvalue weighted by atomic mass is 16.5. The van der Waals surface area contributed by atoms with E-state index in [9.17, 15) is 4.79 Å². The monoisotopic (exact) mass is 385 g/mol. The number of carbonyl (C=O) groups is 1. The molecule has 1 amide bonds. The van der Waals surface area contributed by atoms with Crippen molar-refractivity contribution in [2.45, 2.75) is 6.92 Å². The molecule has 3 aromatic carbocycles. The highest BCUT2D eigenvalue weighted by Gasteiger charge is 2.15. The molecule has 1 aromatic heterocycles. The number of hydrogen-bond donors (Lipinski definition) is 1. The number of ether oxygens (including phenoxy) is 1. The molecule has 144 valence electrons. The second-order valence-corrected chi connectivity index (χ2v) is 6.49. The lowest BCUT2D eigenvalue weighted by Crippen LogP contribution is -2.20. The van der Waals surface area contributed by atoms with Crippen LogP contribution in [0.25, 0.3) is 22.8 Å². The zero-order valence-electron chi connectivity index (χ0n) is 15.8. The third kappa shape index (κ3) is 4.50. The van der Waals surface area contributed by atoms with Crippen LogP contribution in [0.3, 0.4) is 0 Å². The van der Waals surface area contributed by atoms with Crippen LogP contribution in [-0.4, -0.2) is 22.7 Å². The maximum absolute atomic E-state index is 12.2. The normalized spacial score (nSPS) is 10.5. The van der Waals surface area contributed by atoms with Gasteiger partial charge in [0.15, 0.2) is 6.61 Å². The smallest absolute Gasteiger partial charge is 0.262 e. The standard InChI is InChI=1S/C23H19N3O3/c1-16-8-7-9-17(14-16)23-25-22(26-29-23)19-12-5-6-13-20(19)28-15-21(27)24-18-10-3-2-4-11-18/h2-14H,15H2,1H3,(H,24,27). The molecule has 0 aliphatic heterocycles. The number of carbonyl (C=O) groups excluding carboxylic acids is 1. The molecule has 0 saturated heterocycles. The Balaban J connectivity index is 1.49. The van der Waals surface area contributed by atoms with Crippen LogP contribution in [0.4, 0.5) is 5.69 Å². The molecule has 6 nitrogen and oxygen atoms in total. The summed E-state index contributed by atoms with van der Waals surface area (Å²) < 4.78 is 11.1. The van der Waals surface area contributed by atoms with Crippen LogP contribution in [-0.2, 0) is 4.79 Å². The number of aryl methyl sites for hydroxylation is 1. The van der Waals surface area contributed by atoms with Crippen LogP contribution in [0.1, 0.15) is 5.56 Å². The minimum Gasteiger partial charge on any atom is -0.483 e. The number of hydrogen-bond acceptors (Lipinski definition) is 5.